The monoisotopic (exact) mass is 446 g/mol. The highest BCUT2D eigenvalue weighted by Gasteiger charge is 2.30. The van der Waals surface area contributed by atoms with Crippen LogP contribution in [0.4, 0.5) is 4.79 Å². The van der Waals surface area contributed by atoms with E-state index in [-0.39, 0.29) is 12.5 Å². The minimum Gasteiger partial charge on any atom is -0.497 e. The number of imide groups is 1. The minimum absolute atomic E-state index is 0.149. The molecular formula is C24H22N4O5. The Morgan fingerprint density at radius 3 is 2.48 bits per heavy atom. The van der Waals surface area contributed by atoms with Gasteiger partial charge in [-0.05, 0) is 47.5 Å². The quantitative estimate of drug-likeness (QED) is 0.515. The van der Waals surface area contributed by atoms with E-state index in [4.69, 9.17) is 9.47 Å². The summed E-state index contributed by atoms with van der Waals surface area (Å²) in [4.78, 5) is 41.3. The number of amides is 4. The molecule has 33 heavy (non-hydrogen) atoms. The Morgan fingerprint density at radius 2 is 1.79 bits per heavy atom. The summed E-state index contributed by atoms with van der Waals surface area (Å²) in [6.45, 7) is 0.627. The molecule has 2 heterocycles. The van der Waals surface area contributed by atoms with Gasteiger partial charge in [-0.2, -0.15) is 0 Å². The molecule has 0 radical (unpaired) electrons. The second kappa shape index (κ2) is 9.82. The molecule has 1 aliphatic rings. The van der Waals surface area contributed by atoms with Gasteiger partial charge in [0.25, 0.3) is 5.91 Å². The lowest BCUT2D eigenvalue weighted by Crippen LogP contribution is -2.42. The normalized spacial score (nSPS) is 13.1. The minimum atomic E-state index is -0.655. The molecule has 9 heteroatoms. The zero-order chi connectivity index (χ0) is 23.2. The summed E-state index contributed by atoms with van der Waals surface area (Å²) in [5, 5.41) is 4.83. The number of nitrogens with zero attached hydrogens (tertiary/aromatic N) is 2. The number of urea groups is 1. The SMILES string of the molecule is COc1ccc2c(c1)C(=O)N(C[C@H](NC(=O)NC=O)c1ccc(Oc3ccncc3)cc1)C2. The third-order valence-corrected chi connectivity index (χ3v) is 5.26. The van der Waals surface area contributed by atoms with Gasteiger partial charge in [-0.15, -0.1) is 0 Å². The summed E-state index contributed by atoms with van der Waals surface area (Å²) in [5.74, 6) is 1.71. The molecule has 3 aromatic rings. The van der Waals surface area contributed by atoms with Gasteiger partial charge in [-0.25, -0.2) is 4.79 Å². The molecular weight excluding hydrogens is 424 g/mol. The van der Waals surface area contributed by atoms with E-state index >= 15 is 0 Å². The number of carbonyl (C=O) groups excluding carboxylic acids is 3. The molecule has 0 unspecified atom stereocenters. The van der Waals surface area contributed by atoms with E-state index in [9.17, 15) is 14.4 Å². The summed E-state index contributed by atoms with van der Waals surface area (Å²) in [6, 6.07) is 14.8. The number of ether oxygens (including phenoxy) is 2. The van der Waals surface area contributed by atoms with E-state index < -0.39 is 12.1 Å². The Morgan fingerprint density at radius 1 is 1.09 bits per heavy atom. The number of methoxy groups -OCH3 is 1. The molecule has 0 bridgehead atoms. The molecule has 1 atom stereocenters. The Kier molecular flexibility index (Phi) is 6.49. The average molecular weight is 446 g/mol. The Bertz CT molecular complexity index is 1150. The maximum absolute atomic E-state index is 13.0. The van der Waals surface area contributed by atoms with E-state index in [1.807, 2.05) is 12.1 Å². The van der Waals surface area contributed by atoms with Crippen LogP contribution in [0.1, 0.15) is 27.5 Å². The van der Waals surface area contributed by atoms with Gasteiger partial charge in [0.05, 0.1) is 13.2 Å². The molecule has 4 rings (SSSR count). The van der Waals surface area contributed by atoms with Crippen molar-refractivity contribution < 1.29 is 23.9 Å². The molecule has 2 N–H and O–H groups in total. The van der Waals surface area contributed by atoms with Crippen molar-refractivity contribution in [2.24, 2.45) is 0 Å². The molecule has 2 aromatic carbocycles. The van der Waals surface area contributed by atoms with Crippen LogP contribution in [0.2, 0.25) is 0 Å². The van der Waals surface area contributed by atoms with Gasteiger partial charge in [0.15, 0.2) is 0 Å². The molecule has 0 aliphatic carbocycles. The highest BCUT2D eigenvalue weighted by Crippen LogP contribution is 2.29. The van der Waals surface area contributed by atoms with Crippen molar-refractivity contribution in [3.05, 3.63) is 83.7 Å². The van der Waals surface area contributed by atoms with Crippen LogP contribution in [0, 0.1) is 0 Å². The predicted molar refractivity (Wildman–Crippen MR) is 119 cm³/mol. The van der Waals surface area contributed by atoms with Crippen molar-refractivity contribution in [2.75, 3.05) is 13.7 Å². The Hall–Kier alpha value is -4.40. The number of rotatable bonds is 8. The number of hydrogen-bond donors (Lipinski definition) is 2. The van der Waals surface area contributed by atoms with E-state index in [1.165, 1.54) is 0 Å². The average Bonchev–Trinajstić information content (AvgIpc) is 3.14. The van der Waals surface area contributed by atoms with E-state index in [0.29, 0.717) is 35.8 Å². The lowest BCUT2D eigenvalue weighted by molar-refractivity contribution is -0.108. The molecule has 0 spiro atoms. The molecule has 0 saturated heterocycles. The number of aromatic nitrogens is 1. The van der Waals surface area contributed by atoms with Crippen LogP contribution in [-0.4, -0.2) is 41.9 Å². The fourth-order valence-corrected chi connectivity index (χ4v) is 3.63. The number of fused-ring (bicyclic) bond motifs is 1. The van der Waals surface area contributed by atoms with E-state index in [1.54, 1.807) is 66.9 Å². The maximum atomic E-state index is 13.0. The third-order valence-electron chi connectivity index (χ3n) is 5.26. The Labute approximate surface area is 190 Å². The summed E-state index contributed by atoms with van der Waals surface area (Å²) < 4.78 is 11.0. The van der Waals surface area contributed by atoms with Crippen LogP contribution in [-0.2, 0) is 11.3 Å². The van der Waals surface area contributed by atoms with Crippen molar-refractivity contribution >= 4 is 18.3 Å². The highest BCUT2D eigenvalue weighted by molar-refractivity contribution is 5.98. The molecule has 168 valence electrons. The summed E-state index contributed by atoms with van der Waals surface area (Å²) in [7, 11) is 1.55. The van der Waals surface area contributed by atoms with E-state index in [0.717, 1.165) is 11.1 Å². The third kappa shape index (κ3) is 5.09. The number of benzene rings is 2. The van der Waals surface area contributed by atoms with Crippen molar-refractivity contribution in [1.29, 1.82) is 0 Å². The fourth-order valence-electron chi connectivity index (χ4n) is 3.63. The molecule has 1 aromatic heterocycles. The van der Waals surface area contributed by atoms with Crippen molar-refractivity contribution in [2.45, 2.75) is 12.6 Å². The van der Waals surface area contributed by atoms with Crippen molar-refractivity contribution in [1.82, 2.24) is 20.5 Å². The fraction of sp³-hybridized carbons (Fsp3) is 0.167. The second-order valence-corrected chi connectivity index (χ2v) is 7.35. The van der Waals surface area contributed by atoms with E-state index in [2.05, 4.69) is 15.6 Å². The zero-order valence-corrected chi connectivity index (χ0v) is 17.9. The maximum Gasteiger partial charge on any atom is 0.321 e. The summed E-state index contributed by atoms with van der Waals surface area (Å²) >= 11 is 0. The van der Waals surface area contributed by atoms with Gasteiger partial charge in [0, 0.05) is 31.0 Å². The first-order valence-electron chi connectivity index (χ1n) is 10.2. The van der Waals surface area contributed by atoms with Crippen LogP contribution in [0.25, 0.3) is 0 Å². The van der Waals surface area contributed by atoms with Crippen molar-refractivity contribution in [3.8, 4) is 17.2 Å². The summed E-state index contributed by atoms with van der Waals surface area (Å²) in [5.41, 5.74) is 2.21. The molecule has 0 fully saturated rings. The van der Waals surface area contributed by atoms with Gasteiger partial charge in [0.1, 0.15) is 17.2 Å². The Balaban J connectivity index is 1.52. The molecule has 9 nitrogen and oxygen atoms in total. The smallest absolute Gasteiger partial charge is 0.321 e. The van der Waals surface area contributed by atoms with Crippen LogP contribution in [0.15, 0.2) is 67.0 Å². The van der Waals surface area contributed by atoms with Gasteiger partial charge in [-0.1, -0.05) is 18.2 Å². The number of hydrogen-bond acceptors (Lipinski definition) is 6. The van der Waals surface area contributed by atoms with Crippen LogP contribution >= 0.6 is 0 Å². The zero-order valence-electron chi connectivity index (χ0n) is 17.9. The van der Waals surface area contributed by atoms with Crippen LogP contribution in [0.5, 0.6) is 17.2 Å². The predicted octanol–water partition coefficient (Wildman–Crippen LogP) is 3.04. The standard InChI is InChI=1S/C24H22N4O5/c1-32-20-7-4-17-13-28(23(30)21(17)12-20)14-22(27-24(31)26-15-29)16-2-5-18(6-3-16)33-19-8-10-25-11-9-19/h2-12,15,22H,13-14H2,1H3,(H2,26,27,29,31)/t22-/m0/s1. The van der Waals surface area contributed by atoms with Crippen molar-refractivity contribution in [3.63, 3.8) is 0 Å². The number of pyridine rings is 1. The van der Waals surface area contributed by atoms with Gasteiger partial charge < -0.3 is 19.7 Å². The van der Waals surface area contributed by atoms with Crippen LogP contribution < -0.4 is 20.1 Å². The molecule has 4 amide bonds. The number of nitrogens with one attached hydrogen (secondary N) is 2. The molecule has 0 saturated carbocycles. The number of carbonyl (C=O) groups is 3. The molecule has 1 aliphatic heterocycles. The van der Waals surface area contributed by atoms with Gasteiger partial charge in [-0.3, -0.25) is 19.9 Å². The lowest BCUT2D eigenvalue weighted by Gasteiger charge is -2.25. The first kappa shape index (κ1) is 21.8. The lowest BCUT2D eigenvalue weighted by atomic mass is 10.1. The van der Waals surface area contributed by atoms with Gasteiger partial charge in [0.2, 0.25) is 6.41 Å². The highest BCUT2D eigenvalue weighted by atomic mass is 16.5. The van der Waals surface area contributed by atoms with Crippen LogP contribution in [0.3, 0.4) is 0 Å². The van der Waals surface area contributed by atoms with Gasteiger partial charge >= 0.3 is 6.03 Å². The summed E-state index contributed by atoms with van der Waals surface area (Å²) in [6.07, 6.45) is 3.58. The largest absolute Gasteiger partial charge is 0.497 e. The second-order valence-electron chi connectivity index (χ2n) is 7.35. The topological polar surface area (TPSA) is 110 Å². The first-order valence-corrected chi connectivity index (χ1v) is 10.2. The first-order chi connectivity index (χ1) is 16.1.